The van der Waals surface area contributed by atoms with Crippen LogP contribution in [0, 0.1) is 0 Å². The molecule has 2 amide bonds. The van der Waals surface area contributed by atoms with Crippen LogP contribution >= 0.6 is 0 Å². The lowest BCUT2D eigenvalue weighted by molar-refractivity contribution is 0.0941. The van der Waals surface area contributed by atoms with Crippen LogP contribution in [0.3, 0.4) is 0 Å². The van der Waals surface area contributed by atoms with Crippen LogP contribution in [0.4, 0.5) is 5.82 Å². The maximum atomic E-state index is 12.3. The molecule has 0 aliphatic rings. The van der Waals surface area contributed by atoms with Crippen molar-refractivity contribution < 1.29 is 19.4 Å². The summed E-state index contributed by atoms with van der Waals surface area (Å²) in [5, 5.41) is 15.0. The number of anilines is 1. The number of ether oxygens (including phenoxy) is 1. The highest BCUT2D eigenvalue weighted by atomic mass is 16.5. The molecule has 9 nitrogen and oxygen atoms in total. The Bertz CT molecular complexity index is 1010. The summed E-state index contributed by atoms with van der Waals surface area (Å²) in [6.07, 6.45) is 4.40. The van der Waals surface area contributed by atoms with Gasteiger partial charge >= 0.3 is 0 Å². The lowest BCUT2D eigenvalue weighted by Gasteiger charge is -2.09. The molecule has 28 heavy (non-hydrogen) atoms. The second-order valence-corrected chi connectivity index (χ2v) is 5.61. The number of aromatic hydroxyl groups is 1. The lowest BCUT2D eigenvalue weighted by atomic mass is 10.2. The summed E-state index contributed by atoms with van der Waals surface area (Å²) >= 11 is 0. The van der Waals surface area contributed by atoms with Gasteiger partial charge in [-0.2, -0.15) is 0 Å². The molecular formula is C19H17N5O4. The predicted molar refractivity (Wildman–Crippen MR) is 100 cm³/mol. The fraction of sp³-hybridized carbons (Fsp3) is 0.105. The average Bonchev–Trinajstić information content (AvgIpc) is 2.72. The van der Waals surface area contributed by atoms with Crippen molar-refractivity contribution >= 4 is 17.6 Å². The third-order valence-electron chi connectivity index (χ3n) is 3.73. The molecule has 0 saturated heterocycles. The number of hydrogen-bond donors (Lipinski definition) is 3. The Morgan fingerprint density at radius 2 is 1.75 bits per heavy atom. The van der Waals surface area contributed by atoms with Crippen LogP contribution in [0.15, 0.2) is 55.0 Å². The predicted octanol–water partition coefficient (Wildman–Crippen LogP) is 1.77. The van der Waals surface area contributed by atoms with Gasteiger partial charge in [0.15, 0.2) is 11.4 Å². The summed E-state index contributed by atoms with van der Waals surface area (Å²) in [6.45, 7) is 0.193. The fourth-order valence-corrected chi connectivity index (χ4v) is 2.39. The molecular weight excluding hydrogens is 362 g/mol. The van der Waals surface area contributed by atoms with Crippen molar-refractivity contribution in [1.29, 1.82) is 0 Å². The Labute approximate surface area is 160 Å². The normalized spacial score (nSPS) is 10.2. The number of rotatable bonds is 6. The molecule has 3 rings (SSSR count). The molecule has 142 valence electrons. The Morgan fingerprint density at radius 1 is 1.00 bits per heavy atom. The number of carbonyl (C=O) groups is 2. The van der Waals surface area contributed by atoms with Gasteiger partial charge in [-0.25, -0.2) is 15.0 Å². The first-order valence-electron chi connectivity index (χ1n) is 8.26. The van der Waals surface area contributed by atoms with E-state index in [9.17, 15) is 14.7 Å². The quantitative estimate of drug-likeness (QED) is 0.596. The molecule has 0 unspecified atom stereocenters. The van der Waals surface area contributed by atoms with E-state index in [1.165, 1.54) is 37.8 Å². The first kappa shape index (κ1) is 18.8. The van der Waals surface area contributed by atoms with Gasteiger partial charge in [0.25, 0.3) is 11.8 Å². The standard InChI is InChI=1S/C19H17N5O4/c1-28-14-5-3-8-22-17(14)18(26)23-11-12-6-9-20-15(10-12)24-19(27)16-13(25)4-2-7-21-16/h2-10,25H,11H2,1H3,(H,23,26)(H,20,24,27). The topological polar surface area (TPSA) is 126 Å². The van der Waals surface area contributed by atoms with E-state index in [1.54, 1.807) is 24.3 Å². The number of nitrogens with zero attached hydrogens (tertiary/aromatic N) is 3. The van der Waals surface area contributed by atoms with Crippen LogP contribution < -0.4 is 15.4 Å². The zero-order valence-electron chi connectivity index (χ0n) is 14.9. The molecule has 9 heteroatoms. The van der Waals surface area contributed by atoms with Gasteiger partial charge in [0, 0.05) is 25.1 Å². The van der Waals surface area contributed by atoms with E-state index in [2.05, 4.69) is 25.6 Å². The molecule has 0 aromatic carbocycles. The van der Waals surface area contributed by atoms with Crippen LogP contribution in [0.25, 0.3) is 0 Å². The first-order valence-corrected chi connectivity index (χ1v) is 8.26. The zero-order chi connectivity index (χ0) is 19.9. The third kappa shape index (κ3) is 4.39. The molecule has 3 N–H and O–H groups in total. The van der Waals surface area contributed by atoms with Crippen molar-refractivity contribution in [1.82, 2.24) is 20.3 Å². The van der Waals surface area contributed by atoms with E-state index in [1.807, 2.05) is 0 Å². The van der Waals surface area contributed by atoms with E-state index in [0.29, 0.717) is 11.3 Å². The summed E-state index contributed by atoms with van der Waals surface area (Å²) in [5.41, 5.74) is 0.780. The number of amides is 2. The van der Waals surface area contributed by atoms with E-state index in [4.69, 9.17) is 4.74 Å². The number of methoxy groups -OCH3 is 1. The Morgan fingerprint density at radius 3 is 2.50 bits per heavy atom. The van der Waals surface area contributed by atoms with Gasteiger partial charge in [-0.1, -0.05) is 0 Å². The van der Waals surface area contributed by atoms with Gasteiger partial charge < -0.3 is 20.5 Å². The summed E-state index contributed by atoms with van der Waals surface area (Å²) in [5.74, 6) is -0.578. The van der Waals surface area contributed by atoms with E-state index >= 15 is 0 Å². The number of hydrogen-bond acceptors (Lipinski definition) is 7. The Hall–Kier alpha value is -4.01. The molecule has 0 saturated carbocycles. The average molecular weight is 379 g/mol. The largest absolute Gasteiger partial charge is 0.505 e. The van der Waals surface area contributed by atoms with E-state index in [0.717, 1.165) is 0 Å². The van der Waals surface area contributed by atoms with Crippen LogP contribution in [-0.4, -0.2) is 39.0 Å². The number of carbonyl (C=O) groups excluding carboxylic acids is 2. The Balaban J connectivity index is 1.66. The summed E-state index contributed by atoms with van der Waals surface area (Å²) in [4.78, 5) is 36.4. The third-order valence-corrected chi connectivity index (χ3v) is 3.73. The van der Waals surface area contributed by atoms with Crippen molar-refractivity contribution in [2.45, 2.75) is 6.54 Å². The summed E-state index contributed by atoms with van der Waals surface area (Å²) in [6, 6.07) is 9.51. The molecule has 3 aromatic heterocycles. The van der Waals surface area contributed by atoms with Crippen molar-refractivity contribution in [3.63, 3.8) is 0 Å². The maximum Gasteiger partial charge on any atom is 0.279 e. The molecule has 3 aromatic rings. The number of pyridine rings is 3. The minimum Gasteiger partial charge on any atom is -0.505 e. The van der Waals surface area contributed by atoms with Gasteiger partial charge in [-0.15, -0.1) is 0 Å². The molecule has 0 fully saturated rings. The highest BCUT2D eigenvalue weighted by molar-refractivity contribution is 6.04. The minimum absolute atomic E-state index is 0.106. The Kier molecular flexibility index (Phi) is 5.75. The van der Waals surface area contributed by atoms with Crippen molar-refractivity contribution in [3.8, 4) is 11.5 Å². The van der Waals surface area contributed by atoms with Crippen LogP contribution in [0.1, 0.15) is 26.5 Å². The van der Waals surface area contributed by atoms with Crippen LogP contribution in [-0.2, 0) is 6.54 Å². The molecule has 0 aliphatic heterocycles. The van der Waals surface area contributed by atoms with Gasteiger partial charge in [0.1, 0.15) is 17.3 Å². The second kappa shape index (κ2) is 8.58. The summed E-state index contributed by atoms with van der Waals surface area (Å²) in [7, 11) is 1.46. The lowest BCUT2D eigenvalue weighted by Crippen LogP contribution is -2.24. The molecule has 0 spiro atoms. The van der Waals surface area contributed by atoms with Crippen molar-refractivity contribution in [2.75, 3.05) is 12.4 Å². The highest BCUT2D eigenvalue weighted by Crippen LogP contribution is 2.16. The first-order chi connectivity index (χ1) is 13.6. The fourth-order valence-electron chi connectivity index (χ4n) is 2.39. The van der Waals surface area contributed by atoms with E-state index < -0.39 is 11.8 Å². The van der Waals surface area contributed by atoms with Crippen molar-refractivity contribution in [3.05, 3.63) is 71.9 Å². The van der Waals surface area contributed by atoms with Gasteiger partial charge in [-0.3, -0.25) is 9.59 Å². The van der Waals surface area contributed by atoms with Gasteiger partial charge in [0.2, 0.25) is 0 Å². The van der Waals surface area contributed by atoms with Crippen molar-refractivity contribution in [2.24, 2.45) is 0 Å². The van der Waals surface area contributed by atoms with Gasteiger partial charge in [-0.05, 0) is 42.0 Å². The SMILES string of the molecule is COc1cccnc1C(=O)NCc1ccnc(NC(=O)c2ncccc2O)c1. The smallest absolute Gasteiger partial charge is 0.279 e. The van der Waals surface area contributed by atoms with E-state index in [-0.39, 0.29) is 29.5 Å². The molecule has 0 radical (unpaired) electrons. The number of aromatic nitrogens is 3. The molecule has 0 bridgehead atoms. The monoisotopic (exact) mass is 379 g/mol. The maximum absolute atomic E-state index is 12.3. The van der Waals surface area contributed by atoms with Gasteiger partial charge in [0.05, 0.1) is 7.11 Å². The minimum atomic E-state index is -0.593. The van der Waals surface area contributed by atoms with Crippen LogP contribution in [0.2, 0.25) is 0 Å². The second-order valence-electron chi connectivity index (χ2n) is 5.61. The zero-order valence-corrected chi connectivity index (χ0v) is 14.9. The number of nitrogens with one attached hydrogen (secondary N) is 2. The molecule has 0 atom stereocenters. The molecule has 0 aliphatic carbocycles. The molecule has 3 heterocycles. The highest BCUT2D eigenvalue weighted by Gasteiger charge is 2.15. The van der Waals surface area contributed by atoms with Crippen LogP contribution in [0.5, 0.6) is 11.5 Å². The summed E-state index contributed by atoms with van der Waals surface area (Å²) < 4.78 is 5.13.